The molecule has 0 spiro atoms. The van der Waals surface area contributed by atoms with E-state index in [-0.39, 0.29) is 44.5 Å². The lowest BCUT2D eigenvalue weighted by Gasteiger charge is -2.43. The van der Waals surface area contributed by atoms with Crippen LogP contribution in [-0.2, 0) is 23.7 Å². The number of hydrogen-bond acceptors (Lipinski definition) is 9. The van der Waals surface area contributed by atoms with Gasteiger partial charge in [-0.15, -0.1) is 0 Å². The molecule has 4 unspecified atom stereocenters. The zero-order valence-electron chi connectivity index (χ0n) is 44.1. The molecule has 0 aromatic heterocycles. The van der Waals surface area contributed by atoms with E-state index >= 15 is 0 Å². The first-order valence-electron chi connectivity index (χ1n) is 23.8. The minimum Gasteiger partial charge on any atom is -0.491 e. The Kier molecular flexibility index (Phi) is 22.2. The highest BCUT2D eigenvalue weighted by Crippen LogP contribution is 2.55. The van der Waals surface area contributed by atoms with Crippen LogP contribution in [-0.4, -0.2) is 117 Å². The molecule has 4 atom stereocenters. The predicted molar refractivity (Wildman–Crippen MR) is 248 cm³/mol. The molecule has 2 aromatic rings. The third-order valence-corrected chi connectivity index (χ3v) is 12.1. The lowest BCUT2D eigenvalue weighted by atomic mass is 9.74. The topological polar surface area (TPSA) is 124 Å². The van der Waals surface area contributed by atoms with Gasteiger partial charge in [0.2, 0.25) is 0 Å². The van der Waals surface area contributed by atoms with E-state index in [1.54, 1.807) is 46.8 Å². The number of carbonyl (C=O) groups is 1. The van der Waals surface area contributed by atoms with Crippen molar-refractivity contribution in [3.05, 3.63) is 54.1 Å². The van der Waals surface area contributed by atoms with Crippen molar-refractivity contribution >= 4 is 17.3 Å². The van der Waals surface area contributed by atoms with Gasteiger partial charge < -0.3 is 39.9 Å². The molecule has 446 valence electrons. The van der Waals surface area contributed by atoms with Gasteiger partial charge in [-0.05, 0) is 121 Å². The van der Waals surface area contributed by atoms with Gasteiger partial charge in [-0.2, -0.15) is 79.0 Å². The lowest BCUT2D eigenvalue weighted by Crippen LogP contribution is -2.61. The summed E-state index contributed by atoms with van der Waals surface area (Å²) in [6.07, 6.45) is -20.0. The fourth-order valence-electron chi connectivity index (χ4n) is 8.81. The van der Waals surface area contributed by atoms with Crippen LogP contribution in [0, 0.1) is 16.2 Å². The van der Waals surface area contributed by atoms with Crippen LogP contribution in [0.25, 0.3) is 0 Å². The van der Waals surface area contributed by atoms with Crippen molar-refractivity contribution < 1.29 is 112 Å². The Morgan fingerprint density at radius 3 is 1.17 bits per heavy atom. The minimum absolute atomic E-state index is 0.000993. The Morgan fingerprint density at radius 2 is 0.818 bits per heavy atom. The Bertz CT molecular complexity index is 2170. The maximum Gasteiger partial charge on any atom is 0.460 e. The number of benzene rings is 2. The molecule has 0 aliphatic heterocycles. The summed E-state index contributed by atoms with van der Waals surface area (Å²) in [5.74, 6) is -40.1. The van der Waals surface area contributed by atoms with Crippen LogP contribution in [0.4, 0.5) is 90.4 Å². The van der Waals surface area contributed by atoms with E-state index in [0.717, 1.165) is 0 Å². The molecule has 0 amide bonds. The second-order valence-electron chi connectivity index (χ2n) is 22.3. The molecule has 0 fully saturated rings. The van der Waals surface area contributed by atoms with Crippen molar-refractivity contribution in [1.82, 2.24) is 0 Å². The van der Waals surface area contributed by atoms with Gasteiger partial charge in [0.15, 0.2) is 0 Å². The van der Waals surface area contributed by atoms with Crippen LogP contribution >= 0.6 is 0 Å². The Morgan fingerprint density at radius 1 is 0.481 bits per heavy atom. The van der Waals surface area contributed by atoms with Gasteiger partial charge in [-0.25, -0.2) is 4.79 Å². The molecule has 0 aliphatic rings. The molecular formula is C50H68F18N2O7. The van der Waals surface area contributed by atoms with Crippen molar-refractivity contribution in [2.45, 2.75) is 179 Å². The van der Waals surface area contributed by atoms with Gasteiger partial charge in [0.05, 0.1) is 62.5 Å². The van der Waals surface area contributed by atoms with Gasteiger partial charge in [0.1, 0.15) is 11.9 Å². The van der Waals surface area contributed by atoms with Crippen LogP contribution in [0.15, 0.2) is 48.5 Å². The number of anilines is 2. The maximum atomic E-state index is 14.4. The molecule has 9 nitrogen and oxygen atoms in total. The largest absolute Gasteiger partial charge is 0.491 e. The average molecular weight is 1150 g/mol. The summed E-state index contributed by atoms with van der Waals surface area (Å²) < 4.78 is 278. The number of alkyl halides is 18. The summed E-state index contributed by atoms with van der Waals surface area (Å²) in [5, 5.41) is 0. The van der Waals surface area contributed by atoms with Crippen LogP contribution < -0.4 is 16.2 Å². The molecule has 0 bridgehead atoms. The number of carbonyl (C=O) groups excluding carboxylic acids is 1. The number of rotatable bonds is 32. The number of nitrogen functional groups attached to an aromatic ring is 2. The van der Waals surface area contributed by atoms with E-state index in [4.69, 9.17) is 39.9 Å². The average Bonchev–Trinajstić information content (AvgIpc) is 3.24. The number of nitrogens with two attached hydrogens (primary N) is 2. The monoisotopic (exact) mass is 1150 g/mol. The van der Waals surface area contributed by atoms with Gasteiger partial charge in [0.25, 0.3) is 0 Å². The van der Waals surface area contributed by atoms with Gasteiger partial charge in [-0.3, -0.25) is 0 Å². The molecule has 4 N–H and O–H groups in total. The highest BCUT2D eigenvalue weighted by Gasteiger charge is 2.82. The number of halogens is 18. The van der Waals surface area contributed by atoms with Crippen molar-refractivity contribution in [3.8, 4) is 5.75 Å². The number of hydrogen-bond donors (Lipinski definition) is 2. The number of esters is 1. The first kappa shape index (κ1) is 69.0. The van der Waals surface area contributed by atoms with Crippen molar-refractivity contribution in [1.29, 1.82) is 0 Å². The lowest BCUT2D eigenvalue weighted by molar-refractivity contribution is -0.397. The molecule has 0 saturated carbocycles. The molecule has 77 heavy (non-hydrogen) atoms. The fraction of sp³-hybridized carbons (Fsp3) is 0.740. The van der Waals surface area contributed by atoms with Gasteiger partial charge in [0, 0.05) is 35.0 Å². The van der Waals surface area contributed by atoms with E-state index in [9.17, 15) is 83.8 Å². The van der Waals surface area contributed by atoms with Crippen molar-refractivity contribution in [2.24, 2.45) is 16.2 Å². The molecule has 0 aliphatic carbocycles. The van der Waals surface area contributed by atoms with Gasteiger partial charge in [-0.1, -0.05) is 27.7 Å². The summed E-state index contributed by atoms with van der Waals surface area (Å²) in [6, 6.07) is 11.7. The van der Waals surface area contributed by atoms with Crippen molar-refractivity contribution in [3.63, 3.8) is 0 Å². The van der Waals surface area contributed by atoms with E-state index in [1.165, 1.54) is 57.2 Å². The smallest absolute Gasteiger partial charge is 0.460 e. The quantitative estimate of drug-likeness (QED) is 0.0319. The summed E-state index contributed by atoms with van der Waals surface area (Å²) in [6.45, 7) is 11.6. The van der Waals surface area contributed by atoms with E-state index in [1.807, 2.05) is 13.8 Å². The van der Waals surface area contributed by atoms with Gasteiger partial charge >= 0.3 is 53.9 Å². The third kappa shape index (κ3) is 19.0. The van der Waals surface area contributed by atoms with E-state index < -0.39 is 133 Å². The second-order valence-corrected chi connectivity index (χ2v) is 22.3. The van der Waals surface area contributed by atoms with Crippen LogP contribution in [0.5, 0.6) is 5.75 Å². The summed E-state index contributed by atoms with van der Waals surface area (Å²) in [4.78, 5) is 12.9. The third-order valence-electron chi connectivity index (χ3n) is 12.1. The summed E-state index contributed by atoms with van der Waals surface area (Å²) in [5.41, 5.74) is 6.65. The number of ether oxygens (including phenoxy) is 6. The minimum atomic E-state index is -7.10. The standard InChI is InChI=1S/C50H68F18N2O7/c1-31(76-36-17-15-35(70)16-18-36)23-41(9,27-72-21-19-43(51,52)45(55,56)47(59,60)49(63,64)65)29-74-39(5,6)25-38(3,4)26-40(7,8)75-30-42(10,24-32(2)77-37(71)33-11-13-34(69)14-12-33)28-73-22-20-44(53,54)46(57,58)48(61,62)50(66,67)68/h11-18,31-32H,19-30,69-70H2,1-10H3. The normalized spacial score (nSPS) is 16.6. The van der Waals surface area contributed by atoms with E-state index in [2.05, 4.69) is 0 Å². The molecular weight excluding hydrogens is 1080 g/mol. The summed E-state index contributed by atoms with van der Waals surface area (Å²) in [7, 11) is 0. The Balaban J connectivity index is 2.29. The first-order valence-corrected chi connectivity index (χ1v) is 23.8. The van der Waals surface area contributed by atoms with Crippen LogP contribution in [0.1, 0.15) is 118 Å². The van der Waals surface area contributed by atoms with Crippen LogP contribution in [0.2, 0.25) is 0 Å². The molecule has 27 heteroatoms. The molecule has 0 saturated heterocycles. The van der Waals surface area contributed by atoms with Crippen LogP contribution in [0.3, 0.4) is 0 Å². The van der Waals surface area contributed by atoms with E-state index in [0.29, 0.717) is 17.1 Å². The first-order chi connectivity index (χ1) is 34.4. The zero-order chi connectivity index (χ0) is 59.9. The highest BCUT2D eigenvalue weighted by atomic mass is 19.4. The Hall–Kier alpha value is -4.11. The fourth-order valence-corrected chi connectivity index (χ4v) is 8.81. The van der Waals surface area contributed by atoms with Crippen molar-refractivity contribution in [2.75, 3.05) is 51.1 Å². The molecule has 0 radical (unpaired) electrons. The molecule has 2 rings (SSSR count). The molecule has 2 aromatic carbocycles. The highest BCUT2D eigenvalue weighted by molar-refractivity contribution is 5.89. The summed E-state index contributed by atoms with van der Waals surface area (Å²) >= 11 is 0. The Labute approximate surface area is 435 Å². The second kappa shape index (κ2) is 24.7. The molecule has 0 heterocycles. The SMILES string of the molecule is CC(CC(C)(COCCC(F)(F)C(F)(F)C(F)(F)C(F)(F)F)COC(C)(C)CC(C)(C)CC(C)(C)OCC(C)(COCCC(F)(F)C(F)(F)C(F)(F)C(F)(F)F)CC(C)Oc1ccc(N)cc1)OC(=O)c1ccc(N)cc1. The zero-order valence-corrected chi connectivity index (χ0v) is 44.1. The maximum absolute atomic E-state index is 14.4. The predicted octanol–water partition coefficient (Wildman–Crippen LogP) is 14.8.